The van der Waals surface area contributed by atoms with Crippen molar-refractivity contribution in [2.75, 3.05) is 0 Å². The highest BCUT2D eigenvalue weighted by Gasteiger charge is 2.22. The maximum atomic E-state index is 5.96. The Morgan fingerprint density at radius 2 is 2.29 bits per heavy atom. The summed E-state index contributed by atoms with van der Waals surface area (Å²) in [5, 5.41) is 0. The number of hydrogen-bond donors (Lipinski definition) is 1. The van der Waals surface area contributed by atoms with E-state index in [4.69, 9.17) is 10.5 Å². The van der Waals surface area contributed by atoms with E-state index < -0.39 is 0 Å². The first kappa shape index (κ1) is 12.4. The minimum Gasteiger partial charge on any atom is -0.474 e. The Hall–Kier alpha value is -1.09. The van der Waals surface area contributed by atoms with Crippen molar-refractivity contribution in [3.63, 3.8) is 0 Å². The van der Waals surface area contributed by atoms with Gasteiger partial charge in [-0.2, -0.15) is 0 Å². The first-order valence-electron chi connectivity index (χ1n) is 6.64. The standard InChI is InChI=1S/C14H22N2O/c1-2-11-5-3-7-13(9-11)17-14-8-4-6-12(10-15)16-14/h4,6,8,11,13H,2-3,5,7,9-10,15H2,1H3. The lowest BCUT2D eigenvalue weighted by molar-refractivity contribution is 0.117. The van der Waals surface area contributed by atoms with E-state index in [-0.39, 0.29) is 0 Å². The van der Waals surface area contributed by atoms with Crippen LogP contribution < -0.4 is 10.5 Å². The van der Waals surface area contributed by atoms with Crippen LogP contribution in [0.5, 0.6) is 5.88 Å². The zero-order chi connectivity index (χ0) is 12.1. The number of ether oxygens (including phenoxy) is 1. The summed E-state index contributed by atoms with van der Waals surface area (Å²) in [6.45, 7) is 2.74. The highest BCUT2D eigenvalue weighted by molar-refractivity contribution is 5.15. The molecule has 2 atom stereocenters. The van der Waals surface area contributed by atoms with Gasteiger partial charge in [0.25, 0.3) is 0 Å². The third-order valence-electron chi connectivity index (χ3n) is 3.59. The van der Waals surface area contributed by atoms with Crippen molar-refractivity contribution in [3.05, 3.63) is 23.9 Å². The number of pyridine rings is 1. The molecule has 0 spiro atoms. The number of rotatable bonds is 4. The summed E-state index contributed by atoms with van der Waals surface area (Å²) < 4.78 is 5.96. The van der Waals surface area contributed by atoms with Gasteiger partial charge in [-0.3, -0.25) is 0 Å². The van der Waals surface area contributed by atoms with Gasteiger partial charge in [0.1, 0.15) is 6.10 Å². The molecule has 0 amide bonds. The average molecular weight is 234 g/mol. The minimum absolute atomic E-state index is 0.342. The van der Waals surface area contributed by atoms with E-state index in [0.717, 1.165) is 23.9 Å². The molecule has 2 rings (SSSR count). The molecule has 1 aliphatic rings. The molecule has 0 aromatic carbocycles. The maximum Gasteiger partial charge on any atom is 0.213 e. The zero-order valence-electron chi connectivity index (χ0n) is 10.6. The molecule has 0 saturated heterocycles. The molecule has 0 radical (unpaired) electrons. The fourth-order valence-corrected chi connectivity index (χ4v) is 2.53. The predicted molar refractivity (Wildman–Crippen MR) is 68.8 cm³/mol. The highest BCUT2D eigenvalue weighted by Crippen LogP contribution is 2.29. The Balaban J connectivity index is 1.95. The lowest BCUT2D eigenvalue weighted by atomic mass is 9.85. The summed E-state index contributed by atoms with van der Waals surface area (Å²) in [4.78, 5) is 4.39. The van der Waals surface area contributed by atoms with Crippen molar-refractivity contribution in [2.45, 2.75) is 51.7 Å². The molecule has 3 nitrogen and oxygen atoms in total. The van der Waals surface area contributed by atoms with E-state index in [2.05, 4.69) is 11.9 Å². The van der Waals surface area contributed by atoms with Crippen molar-refractivity contribution >= 4 is 0 Å². The Bertz CT molecular complexity index is 354. The molecule has 3 heteroatoms. The number of aromatic nitrogens is 1. The van der Waals surface area contributed by atoms with Crippen LogP contribution in [-0.4, -0.2) is 11.1 Å². The molecule has 2 N–H and O–H groups in total. The largest absolute Gasteiger partial charge is 0.474 e. The van der Waals surface area contributed by atoms with E-state index >= 15 is 0 Å². The van der Waals surface area contributed by atoms with Crippen LogP contribution in [0.4, 0.5) is 0 Å². The second kappa shape index (κ2) is 6.01. The molecule has 94 valence electrons. The molecule has 1 heterocycles. The molecule has 1 aromatic rings. The van der Waals surface area contributed by atoms with E-state index in [9.17, 15) is 0 Å². The van der Waals surface area contributed by atoms with Crippen LogP contribution in [0.2, 0.25) is 0 Å². The van der Waals surface area contributed by atoms with E-state index in [0.29, 0.717) is 12.6 Å². The second-order valence-electron chi connectivity index (χ2n) is 4.85. The Morgan fingerprint density at radius 3 is 3.06 bits per heavy atom. The molecular weight excluding hydrogens is 212 g/mol. The molecule has 1 fully saturated rings. The summed E-state index contributed by atoms with van der Waals surface area (Å²) >= 11 is 0. The third-order valence-corrected chi connectivity index (χ3v) is 3.59. The van der Waals surface area contributed by atoms with Gasteiger partial charge in [0.15, 0.2) is 0 Å². The number of nitrogens with zero attached hydrogens (tertiary/aromatic N) is 1. The van der Waals surface area contributed by atoms with Crippen LogP contribution in [0.25, 0.3) is 0 Å². The fourth-order valence-electron chi connectivity index (χ4n) is 2.53. The van der Waals surface area contributed by atoms with Gasteiger partial charge in [-0.1, -0.05) is 25.8 Å². The van der Waals surface area contributed by atoms with Crippen molar-refractivity contribution in [1.82, 2.24) is 4.98 Å². The highest BCUT2D eigenvalue weighted by atomic mass is 16.5. The van der Waals surface area contributed by atoms with Crippen LogP contribution >= 0.6 is 0 Å². The van der Waals surface area contributed by atoms with E-state index in [1.54, 1.807) is 0 Å². The molecular formula is C14H22N2O. The van der Waals surface area contributed by atoms with Gasteiger partial charge in [-0.15, -0.1) is 0 Å². The molecule has 17 heavy (non-hydrogen) atoms. The van der Waals surface area contributed by atoms with Crippen molar-refractivity contribution in [2.24, 2.45) is 11.7 Å². The molecule has 2 unspecified atom stereocenters. The Kier molecular flexibility index (Phi) is 4.37. The van der Waals surface area contributed by atoms with Gasteiger partial charge in [0.2, 0.25) is 5.88 Å². The summed E-state index contributed by atoms with van der Waals surface area (Å²) in [5.41, 5.74) is 6.47. The van der Waals surface area contributed by atoms with Crippen molar-refractivity contribution < 1.29 is 4.74 Å². The predicted octanol–water partition coefficient (Wildman–Crippen LogP) is 2.89. The summed E-state index contributed by atoms with van der Waals surface area (Å²) in [6.07, 6.45) is 6.56. The number of hydrogen-bond acceptors (Lipinski definition) is 3. The zero-order valence-corrected chi connectivity index (χ0v) is 10.6. The van der Waals surface area contributed by atoms with Crippen molar-refractivity contribution in [3.8, 4) is 5.88 Å². The lowest BCUT2D eigenvalue weighted by Crippen LogP contribution is -2.25. The van der Waals surface area contributed by atoms with Gasteiger partial charge in [-0.05, 0) is 31.2 Å². The minimum atomic E-state index is 0.342. The normalized spacial score (nSPS) is 24.6. The number of nitrogens with two attached hydrogens (primary N) is 1. The topological polar surface area (TPSA) is 48.1 Å². The van der Waals surface area contributed by atoms with Gasteiger partial charge < -0.3 is 10.5 Å². The van der Waals surface area contributed by atoms with E-state index in [1.165, 1.54) is 25.7 Å². The Morgan fingerprint density at radius 1 is 1.41 bits per heavy atom. The smallest absolute Gasteiger partial charge is 0.213 e. The van der Waals surface area contributed by atoms with Crippen LogP contribution in [0, 0.1) is 5.92 Å². The fraction of sp³-hybridized carbons (Fsp3) is 0.643. The van der Waals surface area contributed by atoms with Crippen LogP contribution in [0.15, 0.2) is 18.2 Å². The van der Waals surface area contributed by atoms with Crippen LogP contribution in [0.1, 0.15) is 44.7 Å². The third kappa shape index (κ3) is 3.43. The summed E-state index contributed by atoms with van der Waals surface area (Å²) in [6, 6.07) is 5.82. The summed E-state index contributed by atoms with van der Waals surface area (Å²) in [7, 11) is 0. The first-order chi connectivity index (χ1) is 8.31. The molecule has 0 aliphatic heterocycles. The molecule has 1 aliphatic carbocycles. The maximum absolute atomic E-state index is 5.96. The Labute approximate surface area is 103 Å². The SMILES string of the molecule is CCC1CCCC(Oc2cccc(CN)n2)C1. The van der Waals surface area contributed by atoms with Gasteiger partial charge in [-0.25, -0.2) is 4.98 Å². The van der Waals surface area contributed by atoms with Gasteiger partial charge >= 0.3 is 0 Å². The van der Waals surface area contributed by atoms with Gasteiger partial charge in [0, 0.05) is 12.6 Å². The summed E-state index contributed by atoms with van der Waals surface area (Å²) in [5.74, 6) is 1.56. The lowest BCUT2D eigenvalue weighted by Gasteiger charge is -2.28. The molecule has 1 aromatic heterocycles. The quantitative estimate of drug-likeness (QED) is 0.871. The van der Waals surface area contributed by atoms with Crippen molar-refractivity contribution in [1.29, 1.82) is 0 Å². The molecule has 1 saturated carbocycles. The average Bonchev–Trinajstić information content (AvgIpc) is 2.39. The van der Waals surface area contributed by atoms with Gasteiger partial charge in [0.05, 0.1) is 5.69 Å². The van der Waals surface area contributed by atoms with E-state index in [1.807, 2.05) is 18.2 Å². The van der Waals surface area contributed by atoms with Crippen LogP contribution in [-0.2, 0) is 6.54 Å². The van der Waals surface area contributed by atoms with Crippen LogP contribution in [0.3, 0.4) is 0 Å². The second-order valence-corrected chi connectivity index (χ2v) is 4.85. The molecule has 0 bridgehead atoms. The first-order valence-corrected chi connectivity index (χ1v) is 6.64. The monoisotopic (exact) mass is 234 g/mol.